The van der Waals surface area contributed by atoms with E-state index in [1.165, 1.54) is 0 Å². The fourth-order valence-corrected chi connectivity index (χ4v) is 2.38. The molecular formula is C12H21ClN2OSi. The molecule has 0 bridgehead atoms. The van der Waals surface area contributed by atoms with Crippen LogP contribution in [-0.4, -0.2) is 25.1 Å². The Hall–Kier alpha value is -0.453. The van der Waals surface area contributed by atoms with Gasteiger partial charge in [0.1, 0.15) is 0 Å². The zero-order valence-corrected chi connectivity index (χ0v) is 13.0. The zero-order valence-electron chi connectivity index (χ0n) is 11.2. The Balaban J connectivity index is 2.48. The summed E-state index contributed by atoms with van der Waals surface area (Å²) in [4.78, 5) is 0. The van der Waals surface area contributed by atoms with Crippen molar-refractivity contribution in [2.45, 2.75) is 45.3 Å². The third kappa shape index (κ3) is 4.37. The lowest BCUT2D eigenvalue weighted by Crippen LogP contribution is -2.41. The fourth-order valence-electron chi connectivity index (χ4n) is 1.15. The van der Waals surface area contributed by atoms with Crippen molar-refractivity contribution in [2.75, 3.05) is 6.61 Å². The molecule has 1 aromatic heterocycles. The van der Waals surface area contributed by atoms with Crippen LogP contribution in [0.2, 0.25) is 23.3 Å². The van der Waals surface area contributed by atoms with Crippen LogP contribution < -0.4 is 0 Å². The van der Waals surface area contributed by atoms with Gasteiger partial charge in [0, 0.05) is 6.61 Å². The Morgan fingerprint density at radius 2 is 2.00 bits per heavy atom. The third-order valence-corrected chi connectivity index (χ3v) is 8.06. The molecule has 0 unspecified atom stereocenters. The first kappa shape index (κ1) is 14.6. The molecule has 17 heavy (non-hydrogen) atoms. The number of rotatable bonds is 4. The quantitative estimate of drug-likeness (QED) is 0.784. The molecule has 5 heteroatoms. The van der Waals surface area contributed by atoms with Gasteiger partial charge in [0.25, 0.3) is 0 Å². The van der Waals surface area contributed by atoms with Gasteiger partial charge in [-0.25, -0.2) is 0 Å². The fraction of sp³-hybridized carbons (Fsp3) is 0.667. The van der Waals surface area contributed by atoms with Gasteiger partial charge in [0.05, 0.1) is 6.20 Å². The first-order valence-electron chi connectivity index (χ1n) is 5.83. The average molecular weight is 273 g/mol. The molecule has 0 fully saturated rings. The van der Waals surface area contributed by atoms with E-state index < -0.39 is 8.32 Å². The van der Waals surface area contributed by atoms with Gasteiger partial charge >= 0.3 is 0 Å². The van der Waals surface area contributed by atoms with Crippen LogP contribution in [0.1, 0.15) is 26.3 Å². The summed E-state index contributed by atoms with van der Waals surface area (Å²) in [6, 6.07) is 1.84. The second-order valence-corrected chi connectivity index (χ2v) is 10.9. The van der Waals surface area contributed by atoms with Gasteiger partial charge in [0.15, 0.2) is 13.5 Å². The van der Waals surface area contributed by atoms with Crippen molar-refractivity contribution in [2.24, 2.45) is 0 Å². The van der Waals surface area contributed by atoms with E-state index in [2.05, 4.69) is 44.1 Å². The highest BCUT2D eigenvalue weighted by Gasteiger charge is 2.36. The second kappa shape index (κ2) is 5.46. The molecule has 0 aliphatic heterocycles. The van der Waals surface area contributed by atoms with Gasteiger partial charge in [-0.05, 0) is 36.2 Å². The van der Waals surface area contributed by atoms with Crippen LogP contribution in [0.5, 0.6) is 0 Å². The van der Waals surface area contributed by atoms with Crippen LogP contribution in [0.25, 0.3) is 0 Å². The molecule has 0 saturated heterocycles. The average Bonchev–Trinajstić information content (AvgIpc) is 2.15. The van der Waals surface area contributed by atoms with Crippen LogP contribution in [-0.2, 0) is 10.8 Å². The minimum Gasteiger partial charge on any atom is -0.416 e. The number of hydrogen-bond donors (Lipinski definition) is 0. The summed E-state index contributed by atoms with van der Waals surface area (Å²) < 4.78 is 6.09. The van der Waals surface area contributed by atoms with Gasteiger partial charge in [0.2, 0.25) is 0 Å². The molecule has 0 spiro atoms. The molecule has 0 aliphatic carbocycles. The number of aromatic nitrogens is 2. The van der Waals surface area contributed by atoms with Gasteiger partial charge in [-0.3, -0.25) is 0 Å². The van der Waals surface area contributed by atoms with Crippen LogP contribution in [0, 0.1) is 0 Å². The second-order valence-electron chi connectivity index (χ2n) is 5.75. The van der Waals surface area contributed by atoms with E-state index >= 15 is 0 Å². The van der Waals surface area contributed by atoms with Crippen molar-refractivity contribution in [3.05, 3.63) is 23.0 Å². The minimum absolute atomic E-state index is 0.251. The Kier molecular flexibility index (Phi) is 4.69. The van der Waals surface area contributed by atoms with Gasteiger partial charge in [-0.15, -0.1) is 5.10 Å². The van der Waals surface area contributed by atoms with Crippen molar-refractivity contribution >= 4 is 19.9 Å². The molecule has 0 radical (unpaired) electrons. The molecule has 1 rings (SSSR count). The maximum absolute atomic E-state index is 6.09. The Bertz CT molecular complexity index is 377. The summed E-state index contributed by atoms with van der Waals surface area (Å²) in [6.07, 6.45) is 2.57. The molecule has 0 amide bonds. The van der Waals surface area contributed by atoms with Crippen LogP contribution in [0.15, 0.2) is 12.3 Å². The molecule has 0 aromatic carbocycles. The van der Waals surface area contributed by atoms with Gasteiger partial charge in [-0.2, -0.15) is 5.10 Å². The zero-order chi connectivity index (χ0) is 13.1. The molecule has 0 N–H and O–H groups in total. The lowest BCUT2D eigenvalue weighted by atomic mass is 10.2. The molecule has 0 atom stereocenters. The summed E-state index contributed by atoms with van der Waals surface area (Å²) in [7, 11) is -1.64. The van der Waals surface area contributed by atoms with E-state index in [9.17, 15) is 0 Å². The lowest BCUT2D eigenvalue weighted by molar-refractivity contribution is 0.292. The first-order chi connectivity index (χ1) is 7.72. The normalized spacial score (nSPS) is 12.8. The smallest absolute Gasteiger partial charge is 0.191 e. The summed E-state index contributed by atoms with van der Waals surface area (Å²) in [5.74, 6) is 0. The molecule has 3 nitrogen and oxygen atoms in total. The van der Waals surface area contributed by atoms with Gasteiger partial charge < -0.3 is 4.43 Å². The summed E-state index contributed by atoms with van der Waals surface area (Å²) in [6.45, 7) is 12.0. The summed E-state index contributed by atoms with van der Waals surface area (Å²) in [5, 5.41) is 8.23. The third-order valence-electron chi connectivity index (χ3n) is 3.34. The Morgan fingerprint density at radius 3 is 2.53 bits per heavy atom. The predicted octanol–water partition coefficient (Wildman–Crippen LogP) is 3.69. The van der Waals surface area contributed by atoms with E-state index in [0.717, 1.165) is 18.6 Å². The highest BCUT2D eigenvalue weighted by Crippen LogP contribution is 2.36. The monoisotopic (exact) mass is 272 g/mol. The predicted molar refractivity (Wildman–Crippen MR) is 73.9 cm³/mol. The molecule has 1 aromatic rings. The van der Waals surface area contributed by atoms with Gasteiger partial charge in [-0.1, -0.05) is 32.4 Å². The van der Waals surface area contributed by atoms with E-state index in [1.807, 2.05) is 6.07 Å². The SMILES string of the molecule is CC(C)(C)[Si](C)(C)OCCc1cnnc(Cl)c1. The summed E-state index contributed by atoms with van der Waals surface area (Å²) in [5.41, 5.74) is 1.07. The van der Waals surface area contributed by atoms with Crippen molar-refractivity contribution in [1.29, 1.82) is 0 Å². The van der Waals surface area contributed by atoms with E-state index in [4.69, 9.17) is 16.0 Å². The minimum atomic E-state index is -1.64. The largest absolute Gasteiger partial charge is 0.416 e. The molecule has 96 valence electrons. The van der Waals surface area contributed by atoms with E-state index in [-0.39, 0.29) is 5.04 Å². The maximum atomic E-state index is 6.09. The van der Waals surface area contributed by atoms with E-state index in [1.54, 1.807) is 6.20 Å². The van der Waals surface area contributed by atoms with E-state index in [0.29, 0.717) is 5.15 Å². The van der Waals surface area contributed by atoms with Crippen LogP contribution in [0.4, 0.5) is 0 Å². The Labute approximate surface area is 110 Å². The molecule has 0 aliphatic rings. The van der Waals surface area contributed by atoms with Crippen LogP contribution in [0.3, 0.4) is 0 Å². The first-order valence-corrected chi connectivity index (χ1v) is 9.12. The highest BCUT2D eigenvalue weighted by atomic mass is 35.5. The lowest BCUT2D eigenvalue weighted by Gasteiger charge is -2.36. The molecule has 0 saturated carbocycles. The number of nitrogens with zero attached hydrogens (tertiary/aromatic N) is 2. The number of hydrogen-bond acceptors (Lipinski definition) is 3. The van der Waals surface area contributed by atoms with Crippen molar-refractivity contribution in [3.8, 4) is 0 Å². The van der Waals surface area contributed by atoms with Crippen molar-refractivity contribution < 1.29 is 4.43 Å². The number of halogens is 1. The standard InChI is InChI=1S/C12H21ClN2OSi/c1-12(2,3)17(4,5)16-7-6-10-8-11(13)15-14-9-10/h8-9H,6-7H2,1-5H3. The maximum Gasteiger partial charge on any atom is 0.191 e. The molecule has 1 heterocycles. The van der Waals surface area contributed by atoms with Crippen LogP contribution >= 0.6 is 11.6 Å². The van der Waals surface area contributed by atoms with Crippen molar-refractivity contribution in [3.63, 3.8) is 0 Å². The topological polar surface area (TPSA) is 35.0 Å². The van der Waals surface area contributed by atoms with Crippen molar-refractivity contribution in [1.82, 2.24) is 10.2 Å². The molecular weight excluding hydrogens is 252 g/mol. The highest BCUT2D eigenvalue weighted by molar-refractivity contribution is 6.74. The Morgan fingerprint density at radius 1 is 1.35 bits per heavy atom. The summed E-state index contributed by atoms with van der Waals surface area (Å²) >= 11 is 5.78.